The van der Waals surface area contributed by atoms with Crippen LogP contribution in [0.4, 0.5) is 13.2 Å². The van der Waals surface area contributed by atoms with Gasteiger partial charge in [0.2, 0.25) is 23.6 Å². The van der Waals surface area contributed by atoms with Crippen molar-refractivity contribution in [1.29, 1.82) is 0 Å². The highest BCUT2D eigenvalue weighted by Gasteiger charge is 2.48. The van der Waals surface area contributed by atoms with Gasteiger partial charge in [-0.1, -0.05) is 20.8 Å². The van der Waals surface area contributed by atoms with Crippen LogP contribution in [0.3, 0.4) is 0 Å². The Hall–Kier alpha value is -3.39. The van der Waals surface area contributed by atoms with Gasteiger partial charge in [0, 0.05) is 0 Å². The predicted molar refractivity (Wildman–Crippen MR) is 152 cm³/mol. The van der Waals surface area contributed by atoms with E-state index in [0.717, 1.165) is 13.8 Å². The molecular weight excluding hydrogens is 575 g/mol. The molecule has 0 spiro atoms. The Balaban J connectivity index is 6.08. The molecule has 0 rings (SSSR count). The molecule has 0 aliphatic heterocycles. The summed E-state index contributed by atoms with van der Waals surface area (Å²) in [7, 11) is 0. The molecule has 0 radical (unpaired) electrons. The Morgan fingerprint density at radius 3 is 1.28 bits per heavy atom. The van der Waals surface area contributed by atoms with Gasteiger partial charge in [0.25, 0.3) is 0 Å². The van der Waals surface area contributed by atoms with E-state index in [-0.39, 0.29) is 25.4 Å². The first-order valence-electron chi connectivity index (χ1n) is 14.0. The molecule has 0 saturated heterocycles. The van der Waals surface area contributed by atoms with Crippen molar-refractivity contribution in [1.82, 2.24) is 26.6 Å². The van der Waals surface area contributed by atoms with Crippen LogP contribution < -0.4 is 26.6 Å². The fourth-order valence-electron chi connectivity index (χ4n) is 3.84. The van der Waals surface area contributed by atoms with Crippen molar-refractivity contribution in [3.8, 4) is 0 Å². The normalized spacial score (nSPS) is 14.2. The van der Waals surface area contributed by atoms with Gasteiger partial charge >= 0.3 is 18.1 Å². The van der Waals surface area contributed by atoms with Gasteiger partial charge < -0.3 is 31.3 Å². The topological polar surface area (TPSA) is 172 Å². The average Bonchev–Trinajstić information content (AvgIpc) is 2.81. The van der Waals surface area contributed by atoms with Gasteiger partial charge in [0.05, 0.1) is 6.61 Å². The molecular formula is C28H48F3N5O7. The van der Waals surface area contributed by atoms with E-state index in [9.17, 15) is 41.9 Å². The van der Waals surface area contributed by atoms with Crippen molar-refractivity contribution in [3.63, 3.8) is 0 Å². The highest BCUT2D eigenvalue weighted by atomic mass is 19.4. The maximum absolute atomic E-state index is 13.8. The summed E-state index contributed by atoms with van der Waals surface area (Å²) in [5, 5.41) is 11.8. The molecule has 1 atom stereocenters. The van der Waals surface area contributed by atoms with Gasteiger partial charge in [-0.15, -0.1) is 0 Å². The van der Waals surface area contributed by atoms with E-state index < -0.39 is 69.4 Å². The number of halogens is 3. The molecule has 0 saturated carbocycles. The number of carbonyl (C=O) groups is 6. The largest absolute Gasteiger partial charge is 0.471 e. The Morgan fingerprint density at radius 2 is 0.930 bits per heavy atom. The van der Waals surface area contributed by atoms with Crippen molar-refractivity contribution >= 4 is 35.5 Å². The Morgan fingerprint density at radius 1 is 0.581 bits per heavy atom. The molecule has 0 aliphatic rings. The maximum Gasteiger partial charge on any atom is 0.471 e. The van der Waals surface area contributed by atoms with Crippen molar-refractivity contribution < 1.29 is 46.7 Å². The van der Waals surface area contributed by atoms with E-state index in [1.807, 2.05) is 13.8 Å². The molecule has 5 amide bonds. The number of amides is 5. The van der Waals surface area contributed by atoms with E-state index in [1.165, 1.54) is 41.5 Å². The van der Waals surface area contributed by atoms with Crippen molar-refractivity contribution in [2.24, 2.45) is 5.92 Å². The summed E-state index contributed by atoms with van der Waals surface area (Å²) in [6.45, 7) is 17.3. The van der Waals surface area contributed by atoms with Crippen LogP contribution in [0.15, 0.2) is 0 Å². The number of esters is 1. The van der Waals surface area contributed by atoms with Gasteiger partial charge in [0.15, 0.2) is 0 Å². The molecule has 0 aromatic heterocycles. The lowest BCUT2D eigenvalue weighted by molar-refractivity contribution is -0.176. The third-order valence-corrected chi connectivity index (χ3v) is 6.60. The molecule has 1 unspecified atom stereocenters. The van der Waals surface area contributed by atoms with E-state index >= 15 is 0 Å². The number of hydrogen-bond acceptors (Lipinski definition) is 7. The second-order valence-electron chi connectivity index (χ2n) is 13.0. The summed E-state index contributed by atoms with van der Waals surface area (Å²) in [5.41, 5.74) is -8.35. The van der Waals surface area contributed by atoms with Gasteiger partial charge in [-0.25, -0.2) is 4.79 Å². The quantitative estimate of drug-likeness (QED) is 0.184. The van der Waals surface area contributed by atoms with Crippen LogP contribution >= 0.6 is 0 Å². The number of ether oxygens (including phenoxy) is 1. The van der Waals surface area contributed by atoms with Gasteiger partial charge in [-0.3, -0.25) is 24.0 Å². The summed E-state index contributed by atoms with van der Waals surface area (Å²) < 4.78 is 43.2. The predicted octanol–water partition coefficient (Wildman–Crippen LogP) is 2.00. The second-order valence-corrected chi connectivity index (χ2v) is 13.0. The van der Waals surface area contributed by atoms with E-state index in [2.05, 4.69) is 21.3 Å². The standard InChI is InChI=1S/C28H48F3N5O7/c1-13-27(15-16(3)4,20(40)34-23(5,6)18(38)33-26(11,12)22(42)43-14-2)36-19(39)25(9,10)32-17(37)24(7,8)35-21(41)28(29,30)31/h16H,13-15H2,1-12H3,(H,32,37)(H,33,38)(H,34,40)(H,35,41)(H,36,39). The molecule has 0 aromatic carbocycles. The van der Waals surface area contributed by atoms with Crippen LogP contribution in [0.2, 0.25) is 0 Å². The maximum atomic E-state index is 13.8. The van der Waals surface area contributed by atoms with E-state index in [0.29, 0.717) is 0 Å². The SMILES string of the molecule is CCOC(=O)C(C)(C)NC(=O)C(C)(C)NC(=O)C(CC)(CC(C)C)NC(=O)C(C)(C)NC(=O)C(C)(C)NC(=O)C(F)(F)F. The number of alkyl halides is 3. The van der Waals surface area contributed by atoms with Crippen LogP contribution in [-0.4, -0.2) is 76.0 Å². The average molecular weight is 624 g/mol. The molecule has 15 heteroatoms. The fraction of sp³-hybridized carbons (Fsp3) is 0.786. The molecule has 5 N–H and O–H groups in total. The summed E-state index contributed by atoms with van der Waals surface area (Å²) in [5.74, 6) is -6.48. The van der Waals surface area contributed by atoms with Crippen molar-refractivity contribution in [3.05, 3.63) is 0 Å². The number of carbonyl (C=O) groups excluding carboxylic acids is 6. The van der Waals surface area contributed by atoms with Crippen molar-refractivity contribution in [2.75, 3.05) is 6.61 Å². The summed E-state index contributed by atoms with van der Waals surface area (Å²) in [6.07, 6.45) is -5.05. The molecule has 0 aromatic rings. The lowest BCUT2D eigenvalue weighted by atomic mass is 9.83. The molecule has 0 heterocycles. The Bertz CT molecular complexity index is 1090. The molecule has 248 valence electrons. The van der Waals surface area contributed by atoms with Crippen LogP contribution in [0.1, 0.15) is 95.9 Å². The monoisotopic (exact) mass is 623 g/mol. The number of hydrogen-bond donors (Lipinski definition) is 5. The first kappa shape index (κ1) is 39.6. The minimum Gasteiger partial charge on any atom is -0.464 e. The first-order valence-corrected chi connectivity index (χ1v) is 14.0. The van der Waals surface area contributed by atoms with Crippen LogP contribution in [0, 0.1) is 5.92 Å². The van der Waals surface area contributed by atoms with Crippen LogP contribution in [0.25, 0.3) is 0 Å². The minimum absolute atomic E-state index is 0.0614. The Kier molecular flexibility index (Phi) is 12.8. The molecule has 0 aliphatic carbocycles. The number of rotatable bonds is 14. The van der Waals surface area contributed by atoms with Gasteiger partial charge in [-0.2, -0.15) is 13.2 Å². The lowest BCUT2D eigenvalue weighted by Crippen LogP contribution is -2.70. The van der Waals surface area contributed by atoms with Gasteiger partial charge in [0.1, 0.15) is 27.7 Å². The molecule has 0 fully saturated rings. The molecule has 43 heavy (non-hydrogen) atoms. The Labute approximate surface area is 251 Å². The van der Waals surface area contributed by atoms with E-state index in [1.54, 1.807) is 19.2 Å². The minimum atomic E-state index is -5.23. The zero-order valence-electron chi connectivity index (χ0n) is 27.2. The lowest BCUT2D eigenvalue weighted by Gasteiger charge is -2.40. The highest BCUT2D eigenvalue weighted by molar-refractivity contribution is 6.01. The van der Waals surface area contributed by atoms with E-state index in [4.69, 9.17) is 4.74 Å². The smallest absolute Gasteiger partial charge is 0.464 e. The third kappa shape index (κ3) is 11.0. The van der Waals surface area contributed by atoms with Crippen LogP contribution in [-0.2, 0) is 33.5 Å². The summed E-state index contributed by atoms with van der Waals surface area (Å²) >= 11 is 0. The highest BCUT2D eigenvalue weighted by Crippen LogP contribution is 2.25. The zero-order chi connectivity index (χ0) is 34.4. The first-order chi connectivity index (χ1) is 19.1. The fourth-order valence-corrected chi connectivity index (χ4v) is 3.84. The van der Waals surface area contributed by atoms with Gasteiger partial charge in [-0.05, 0) is 81.1 Å². The second kappa shape index (κ2) is 13.9. The van der Waals surface area contributed by atoms with Crippen molar-refractivity contribution in [2.45, 2.75) is 130 Å². The van der Waals surface area contributed by atoms with Crippen LogP contribution in [0.5, 0.6) is 0 Å². The summed E-state index contributed by atoms with van der Waals surface area (Å²) in [4.78, 5) is 76.9. The molecule has 0 bridgehead atoms. The molecule has 12 nitrogen and oxygen atoms in total. The number of nitrogens with one attached hydrogen (secondary N) is 5. The zero-order valence-corrected chi connectivity index (χ0v) is 27.2. The third-order valence-electron chi connectivity index (χ3n) is 6.60. The summed E-state index contributed by atoms with van der Waals surface area (Å²) in [6, 6.07) is 0.